The third-order valence-electron chi connectivity index (χ3n) is 5.12. The zero-order valence-corrected chi connectivity index (χ0v) is 14.6. The Morgan fingerprint density at radius 1 is 1.17 bits per heavy atom. The molecule has 1 aliphatic heterocycles. The first-order valence-corrected chi connectivity index (χ1v) is 8.72. The van der Waals surface area contributed by atoms with Crippen LogP contribution in [0.5, 0.6) is 5.75 Å². The summed E-state index contributed by atoms with van der Waals surface area (Å²) >= 11 is 0. The van der Waals surface area contributed by atoms with Gasteiger partial charge in [-0.3, -0.25) is 0 Å². The molecule has 4 rings (SSSR count). The molecule has 3 nitrogen and oxygen atoms in total. The molecule has 2 N–H and O–H groups in total. The number of aryl methyl sites for hydroxylation is 2. The fourth-order valence-corrected chi connectivity index (χ4v) is 3.84. The second-order valence-corrected chi connectivity index (χ2v) is 6.63. The molecule has 2 aromatic carbocycles. The fourth-order valence-electron chi connectivity index (χ4n) is 3.84. The van der Waals surface area contributed by atoms with E-state index < -0.39 is 0 Å². The van der Waals surface area contributed by atoms with E-state index >= 15 is 0 Å². The molecule has 0 bridgehead atoms. The van der Waals surface area contributed by atoms with Gasteiger partial charge in [-0.25, -0.2) is 0 Å². The van der Waals surface area contributed by atoms with E-state index in [1.54, 1.807) is 7.11 Å². The minimum absolute atomic E-state index is 0.155. The van der Waals surface area contributed by atoms with Crippen LogP contribution in [0.15, 0.2) is 36.4 Å². The van der Waals surface area contributed by atoms with E-state index in [2.05, 4.69) is 60.5 Å². The number of ether oxygens (including phenoxy) is 1. The van der Waals surface area contributed by atoms with Gasteiger partial charge in [0.2, 0.25) is 0 Å². The number of methoxy groups -OCH3 is 1. The van der Waals surface area contributed by atoms with Gasteiger partial charge < -0.3 is 15.0 Å². The molecule has 0 fully saturated rings. The van der Waals surface area contributed by atoms with Crippen LogP contribution in [-0.2, 0) is 12.8 Å². The third-order valence-corrected chi connectivity index (χ3v) is 5.12. The lowest BCUT2D eigenvalue weighted by Crippen LogP contribution is -2.30. The number of rotatable bonds is 3. The summed E-state index contributed by atoms with van der Waals surface area (Å²) in [7, 11) is 1.75. The van der Waals surface area contributed by atoms with Crippen molar-refractivity contribution in [3.63, 3.8) is 0 Å². The molecule has 24 heavy (non-hydrogen) atoms. The summed E-state index contributed by atoms with van der Waals surface area (Å²) in [6, 6.07) is 13.3. The number of fused-ring (bicyclic) bond motifs is 3. The van der Waals surface area contributed by atoms with Gasteiger partial charge in [-0.15, -0.1) is 0 Å². The number of H-pyrrole nitrogens is 1. The highest BCUT2D eigenvalue weighted by atomic mass is 16.5. The van der Waals surface area contributed by atoms with Gasteiger partial charge in [-0.2, -0.15) is 0 Å². The number of aromatic nitrogens is 1. The molecular formula is C21H24N2O. The van der Waals surface area contributed by atoms with Gasteiger partial charge in [0.25, 0.3) is 0 Å². The molecule has 3 heteroatoms. The molecule has 0 spiro atoms. The van der Waals surface area contributed by atoms with Crippen LogP contribution in [0.3, 0.4) is 0 Å². The van der Waals surface area contributed by atoms with E-state index in [1.165, 1.54) is 38.9 Å². The van der Waals surface area contributed by atoms with Crippen LogP contribution in [0.25, 0.3) is 10.9 Å². The SMILES string of the molecule is CCc1ccc(OC)c(C2NCCc3c2[nH]c2ccc(C)cc32)c1. The monoisotopic (exact) mass is 320 g/mol. The van der Waals surface area contributed by atoms with E-state index in [0.29, 0.717) is 0 Å². The molecule has 2 heterocycles. The largest absolute Gasteiger partial charge is 0.496 e. The number of aromatic amines is 1. The van der Waals surface area contributed by atoms with Crippen molar-refractivity contribution in [3.05, 3.63) is 64.3 Å². The first-order valence-electron chi connectivity index (χ1n) is 8.72. The second kappa shape index (κ2) is 5.99. The average molecular weight is 320 g/mol. The number of benzene rings is 2. The van der Waals surface area contributed by atoms with Crippen LogP contribution in [0.1, 0.15) is 40.9 Å². The fraction of sp³-hybridized carbons (Fsp3) is 0.333. The van der Waals surface area contributed by atoms with Crippen molar-refractivity contribution in [1.29, 1.82) is 0 Å². The summed E-state index contributed by atoms with van der Waals surface area (Å²) < 4.78 is 5.65. The van der Waals surface area contributed by atoms with Crippen LogP contribution >= 0.6 is 0 Å². The maximum Gasteiger partial charge on any atom is 0.124 e. The first kappa shape index (κ1) is 15.3. The topological polar surface area (TPSA) is 37.0 Å². The van der Waals surface area contributed by atoms with E-state index in [-0.39, 0.29) is 6.04 Å². The van der Waals surface area contributed by atoms with Crippen molar-refractivity contribution in [3.8, 4) is 5.75 Å². The number of nitrogens with one attached hydrogen (secondary N) is 2. The predicted octanol–water partition coefficient (Wildman–Crippen LogP) is 4.28. The van der Waals surface area contributed by atoms with Gasteiger partial charge in [0.1, 0.15) is 5.75 Å². The molecule has 1 unspecified atom stereocenters. The normalized spacial score (nSPS) is 17.0. The summed E-state index contributed by atoms with van der Waals surface area (Å²) in [6.45, 7) is 5.33. The Bertz CT molecular complexity index is 894. The summed E-state index contributed by atoms with van der Waals surface area (Å²) in [5.41, 5.74) is 7.83. The van der Waals surface area contributed by atoms with Crippen molar-refractivity contribution < 1.29 is 4.74 Å². The van der Waals surface area contributed by atoms with Crippen LogP contribution in [0.2, 0.25) is 0 Å². The zero-order valence-electron chi connectivity index (χ0n) is 14.6. The van der Waals surface area contributed by atoms with Gasteiger partial charge >= 0.3 is 0 Å². The molecule has 0 saturated carbocycles. The molecule has 0 amide bonds. The summed E-state index contributed by atoms with van der Waals surface area (Å²) in [5, 5.41) is 5.05. The molecule has 0 saturated heterocycles. The highest BCUT2D eigenvalue weighted by molar-refractivity contribution is 5.86. The minimum Gasteiger partial charge on any atom is -0.496 e. The Hall–Kier alpha value is -2.26. The Morgan fingerprint density at radius 3 is 2.83 bits per heavy atom. The molecule has 1 atom stereocenters. The number of hydrogen-bond donors (Lipinski definition) is 2. The van der Waals surface area contributed by atoms with Gasteiger partial charge in [0, 0.05) is 28.7 Å². The molecule has 1 aromatic heterocycles. The highest BCUT2D eigenvalue weighted by Crippen LogP contribution is 2.37. The van der Waals surface area contributed by atoms with Crippen LogP contribution < -0.4 is 10.1 Å². The lowest BCUT2D eigenvalue weighted by molar-refractivity contribution is 0.401. The van der Waals surface area contributed by atoms with Gasteiger partial charge in [-0.1, -0.05) is 30.7 Å². The van der Waals surface area contributed by atoms with E-state index in [4.69, 9.17) is 4.74 Å². The van der Waals surface area contributed by atoms with Gasteiger partial charge in [0.15, 0.2) is 0 Å². The summed E-state index contributed by atoms with van der Waals surface area (Å²) in [6.07, 6.45) is 2.09. The van der Waals surface area contributed by atoms with Crippen molar-refractivity contribution in [2.45, 2.75) is 32.7 Å². The smallest absolute Gasteiger partial charge is 0.124 e. The maximum atomic E-state index is 5.65. The molecular weight excluding hydrogens is 296 g/mol. The minimum atomic E-state index is 0.155. The zero-order chi connectivity index (χ0) is 16.7. The van der Waals surface area contributed by atoms with E-state index in [0.717, 1.165) is 25.1 Å². The van der Waals surface area contributed by atoms with Crippen molar-refractivity contribution >= 4 is 10.9 Å². The van der Waals surface area contributed by atoms with Crippen LogP contribution in [-0.4, -0.2) is 18.6 Å². The van der Waals surface area contributed by atoms with Crippen molar-refractivity contribution in [1.82, 2.24) is 10.3 Å². The van der Waals surface area contributed by atoms with E-state index in [9.17, 15) is 0 Å². The first-order chi connectivity index (χ1) is 11.7. The van der Waals surface area contributed by atoms with Crippen LogP contribution in [0.4, 0.5) is 0 Å². The summed E-state index contributed by atoms with van der Waals surface area (Å²) in [5.74, 6) is 0.951. The molecule has 1 aliphatic rings. The molecule has 3 aromatic rings. The quantitative estimate of drug-likeness (QED) is 0.755. The number of hydrogen-bond acceptors (Lipinski definition) is 2. The lowest BCUT2D eigenvalue weighted by Gasteiger charge is -2.26. The highest BCUT2D eigenvalue weighted by Gasteiger charge is 2.27. The van der Waals surface area contributed by atoms with Crippen molar-refractivity contribution in [2.75, 3.05) is 13.7 Å². The maximum absolute atomic E-state index is 5.65. The average Bonchev–Trinajstić information content (AvgIpc) is 2.99. The predicted molar refractivity (Wildman–Crippen MR) is 99.0 cm³/mol. The van der Waals surface area contributed by atoms with Gasteiger partial charge in [-0.05, 0) is 49.1 Å². The summed E-state index contributed by atoms with van der Waals surface area (Å²) in [4.78, 5) is 3.66. The molecule has 0 radical (unpaired) electrons. The third kappa shape index (κ3) is 2.40. The standard InChI is InChI=1S/C21H24N2O/c1-4-14-6-8-19(24-3)17(12-14)20-21-15(9-10-22-20)16-11-13(2)5-7-18(16)23-21/h5-8,11-12,20,22-23H,4,9-10H2,1-3H3. The Kier molecular flexibility index (Phi) is 3.81. The Labute approximate surface area is 143 Å². The van der Waals surface area contributed by atoms with Crippen LogP contribution in [0, 0.1) is 6.92 Å². The Morgan fingerprint density at radius 2 is 2.04 bits per heavy atom. The molecule has 124 valence electrons. The van der Waals surface area contributed by atoms with E-state index in [1.807, 2.05) is 0 Å². The van der Waals surface area contributed by atoms with Crippen molar-refractivity contribution in [2.24, 2.45) is 0 Å². The molecule has 0 aliphatic carbocycles. The second-order valence-electron chi connectivity index (χ2n) is 6.63. The van der Waals surface area contributed by atoms with Gasteiger partial charge in [0.05, 0.1) is 13.2 Å². The lowest BCUT2D eigenvalue weighted by atomic mass is 9.92. The Balaban J connectivity index is 1.89.